The maximum absolute atomic E-state index is 13.2. The van der Waals surface area contributed by atoms with Crippen LogP contribution in [0, 0.1) is 13.8 Å². The number of amides is 1. The fourth-order valence-corrected chi connectivity index (χ4v) is 4.39. The van der Waals surface area contributed by atoms with Crippen LogP contribution in [0.15, 0.2) is 53.7 Å². The first-order chi connectivity index (χ1) is 13.5. The van der Waals surface area contributed by atoms with Crippen LogP contribution in [-0.4, -0.2) is 26.0 Å². The molecule has 1 aromatic heterocycles. The number of nitrogens with zero attached hydrogens (tertiary/aromatic N) is 3. The van der Waals surface area contributed by atoms with E-state index in [4.69, 9.17) is 0 Å². The smallest absolute Gasteiger partial charge is 0.240 e. The lowest BCUT2D eigenvalue weighted by Crippen LogP contribution is -2.41. The van der Waals surface area contributed by atoms with Crippen LogP contribution < -0.4 is 10.7 Å². The molecule has 0 radical (unpaired) electrons. The van der Waals surface area contributed by atoms with E-state index in [1.54, 1.807) is 0 Å². The summed E-state index contributed by atoms with van der Waals surface area (Å²) in [6, 6.07) is 15.9. The summed E-state index contributed by atoms with van der Waals surface area (Å²) >= 11 is 1.45. The molecule has 7 heteroatoms. The van der Waals surface area contributed by atoms with Gasteiger partial charge in [-0.25, -0.2) is 4.68 Å². The summed E-state index contributed by atoms with van der Waals surface area (Å²) < 4.78 is 1.91. The molecule has 0 bridgehead atoms. The molecule has 1 aliphatic heterocycles. The maximum atomic E-state index is 13.2. The zero-order chi connectivity index (χ0) is 19.7. The Morgan fingerprint density at radius 2 is 1.93 bits per heavy atom. The van der Waals surface area contributed by atoms with Crippen LogP contribution in [0.5, 0.6) is 0 Å². The number of aryl methyl sites for hydroxylation is 3. The van der Waals surface area contributed by atoms with Gasteiger partial charge < -0.3 is 10.7 Å². The molecular formula is C21H23N5OS. The highest BCUT2D eigenvalue weighted by atomic mass is 32.2. The summed E-state index contributed by atoms with van der Waals surface area (Å²) in [5.74, 6) is 0.804. The molecule has 1 amide bonds. The predicted molar refractivity (Wildman–Crippen MR) is 112 cm³/mol. The first kappa shape index (κ1) is 18.6. The van der Waals surface area contributed by atoms with Crippen molar-refractivity contribution in [3.05, 3.63) is 71.0 Å². The van der Waals surface area contributed by atoms with Crippen LogP contribution in [-0.2, 0) is 11.2 Å². The molecule has 144 valence electrons. The molecule has 2 aromatic carbocycles. The van der Waals surface area contributed by atoms with E-state index in [-0.39, 0.29) is 17.2 Å². The minimum absolute atomic E-state index is 0.0547. The van der Waals surface area contributed by atoms with E-state index in [2.05, 4.69) is 52.1 Å². The van der Waals surface area contributed by atoms with Gasteiger partial charge in [-0.05, 0) is 37.1 Å². The molecule has 6 nitrogen and oxygen atoms in total. The van der Waals surface area contributed by atoms with Gasteiger partial charge in [-0.2, -0.15) is 0 Å². The van der Waals surface area contributed by atoms with Crippen molar-refractivity contribution < 1.29 is 4.79 Å². The molecule has 2 N–H and O–H groups in total. The zero-order valence-electron chi connectivity index (χ0n) is 16.1. The molecule has 0 aliphatic carbocycles. The average molecular weight is 394 g/mol. The van der Waals surface area contributed by atoms with Crippen LogP contribution in [0.4, 0.5) is 5.69 Å². The number of fused-ring (bicyclic) bond motifs is 1. The summed E-state index contributed by atoms with van der Waals surface area (Å²) in [4.78, 5) is 13.2. The van der Waals surface area contributed by atoms with Crippen molar-refractivity contribution in [2.24, 2.45) is 0 Å². The number of aromatic nitrogens is 3. The lowest BCUT2D eigenvalue weighted by molar-refractivity contribution is -0.116. The van der Waals surface area contributed by atoms with Crippen LogP contribution in [0.25, 0.3) is 0 Å². The highest BCUT2D eigenvalue weighted by Gasteiger charge is 2.37. The van der Waals surface area contributed by atoms with Crippen LogP contribution in [0.3, 0.4) is 0 Å². The van der Waals surface area contributed by atoms with Crippen molar-refractivity contribution in [3.8, 4) is 0 Å². The second-order valence-corrected chi connectivity index (χ2v) is 8.11. The molecule has 0 fully saturated rings. The minimum Gasteiger partial charge on any atom is -0.325 e. The Hall–Kier alpha value is -2.80. The highest BCUT2D eigenvalue weighted by Crippen LogP contribution is 2.37. The van der Waals surface area contributed by atoms with Gasteiger partial charge in [0.1, 0.15) is 5.25 Å². The van der Waals surface area contributed by atoms with E-state index >= 15 is 0 Å². The van der Waals surface area contributed by atoms with Crippen molar-refractivity contribution in [2.75, 3.05) is 10.7 Å². The van der Waals surface area contributed by atoms with Gasteiger partial charge in [0.2, 0.25) is 11.1 Å². The van der Waals surface area contributed by atoms with Gasteiger partial charge in [0.05, 0.1) is 6.04 Å². The Morgan fingerprint density at radius 1 is 1.14 bits per heavy atom. The third kappa shape index (κ3) is 3.62. The number of rotatable bonds is 4. The second kappa shape index (κ2) is 7.67. The minimum atomic E-state index is -0.371. The fourth-order valence-electron chi connectivity index (χ4n) is 3.29. The van der Waals surface area contributed by atoms with Gasteiger partial charge in [-0.1, -0.05) is 60.6 Å². The molecule has 3 aromatic rings. The Bertz CT molecular complexity index is 998. The van der Waals surface area contributed by atoms with Crippen LogP contribution >= 0.6 is 11.8 Å². The molecule has 0 saturated carbocycles. The molecular weight excluding hydrogens is 370 g/mol. The second-order valence-electron chi connectivity index (χ2n) is 7.00. The van der Waals surface area contributed by atoms with Gasteiger partial charge in [0, 0.05) is 12.1 Å². The number of nitrogens with one attached hydrogen (secondary N) is 2. The van der Waals surface area contributed by atoms with Crippen molar-refractivity contribution >= 4 is 23.4 Å². The van der Waals surface area contributed by atoms with Gasteiger partial charge in [-0.15, -0.1) is 10.2 Å². The third-order valence-corrected chi connectivity index (χ3v) is 6.02. The summed E-state index contributed by atoms with van der Waals surface area (Å²) in [7, 11) is 0. The number of hydrogen-bond acceptors (Lipinski definition) is 5. The van der Waals surface area contributed by atoms with E-state index in [0.29, 0.717) is 5.16 Å². The monoisotopic (exact) mass is 393 g/mol. The number of thioether (sulfide) groups is 1. The van der Waals surface area contributed by atoms with Crippen molar-refractivity contribution in [2.45, 2.75) is 43.6 Å². The standard InChI is InChI=1S/C21H23N5OS/c1-4-17-23-24-21-26(17)25-18(15-10-8-13(2)9-11-15)19(28-21)20(27)22-16-7-5-6-14(3)12-16/h5-12,18-19,25H,4H2,1-3H3,(H,22,27)/t18-,19+/m1/s1. The Labute approximate surface area is 168 Å². The third-order valence-electron chi connectivity index (χ3n) is 4.80. The van der Waals surface area contributed by atoms with Gasteiger partial charge in [0.25, 0.3) is 0 Å². The maximum Gasteiger partial charge on any atom is 0.240 e. The lowest BCUT2D eigenvalue weighted by Gasteiger charge is -2.33. The molecule has 2 atom stereocenters. The van der Waals surface area contributed by atoms with Gasteiger partial charge in [0.15, 0.2) is 5.82 Å². The largest absolute Gasteiger partial charge is 0.325 e. The van der Waals surface area contributed by atoms with Crippen molar-refractivity contribution in [1.82, 2.24) is 14.9 Å². The number of carbonyl (C=O) groups is 1. The lowest BCUT2D eigenvalue weighted by atomic mass is 10.0. The Kier molecular flexibility index (Phi) is 5.09. The summed E-state index contributed by atoms with van der Waals surface area (Å²) in [5.41, 5.74) is 7.62. The molecule has 28 heavy (non-hydrogen) atoms. The SMILES string of the molecule is CCc1nnc2n1N[C@H](c1ccc(C)cc1)[C@@H](C(=O)Nc1cccc(C)c1)S2. The molecule has 0 spiro atoms. The topological polar surface area (TPSA) is 71.8 Å². The van der Waals surface area contributed by atoms with Gasteiger partial charge >= 0.3 is 0 Å². The molecule has 0 saturated heterocycles. The normalized spacial score (nSPS) is 18.2. The number of benzene rings is 2. The average Bonchev–Trinajstić information content (AvgIpc) is 3.09. The molecule has 0 unspecified atom stereocenters. The molecule has 1 aliphatic rings. The van der Waals surface area contributed by atoms with Gasteiger partial charge in [-0.3, -0.25) is 4.79 Å². The summed E-state index contributed by atoms with van der Waals surface area (Å²) in [5, 5.41) is 11.9. The van der Waals surface area contributed by atoms with E-state index in [1.807, 2.05) is 42.8 Å². The zero-order valence-corrected chi connectivity index (χ0v) is 17.0. The van der Waals surface area contributed by atoms with E-state index < -0.39 is 0 Å². The number of carbonyl (C=O) groups excluding carboxylic acids is 1. The van der Waals surface area contributed by atoms with E-state index in [0.717, 1.165) is 29.1 Å². The highest BCUT2D eigenvalue weighted by molar-refractivity contribution is 8.00. The number of hydrogen-bond donors (Lipinski definition) is 2. The quantitative estimate of drug-likeness (QED) is 0.704. The van der Waals surface area contributed by atoms with E-state index in [9.17, 15) is 4.79 Å². The molecule has 4 rings (SSSR count). The summed E-state index contributed by atoms with van der Waals surface area (Å²) in [6.07, 6.45) is 0.765. The van der Waals surface area contributed by atoms with Crippen molar-refractivity contribution in [1.29, 1.82) is 0 Å². The Morgan fingerprint density at radius 3 is 2.64 bits per heavy atom. The predicted octanol–water partition coefficient (Wildman–Crippen LogP) is 3.86. The molecule has 2 heterocycles. The Balaban J connectivity index is 1.67. The van der Waals surface area contributed by atoms with Crippen LogP contribution in [0.2, 0.25) is 0 Å². The number of anilines is 1. The van der Waals surface area contributed by atoms with Crippen LogP contribution in [0.1, 0.15) is 35.5 Å². The summed E-state index contributed by atoms with van der Waals surface area (Å²) in [6.45, 7) is 6.11. The fraction of sp³-hybridized carbons (Fsp3) is 0.286. The van der Waals surface area contributed by atoms with E-state index in [1.165, 1.54) is 17.3 Å². The first-order valence-electron chi connectivity index (χ1n) is 9.36. The first-order valence-corrected chi connectivity index (χ1v) is 10.2. The van der Waals surface area contributed by atoms with Crippen molar-refractivity contribution in [3.63, 3.8) is 0 Å².